The van der Waals surface area contributed by atoms with Crippen LogP contribution in [0.5, 0.6) is 0 Å². The molecule has 1 heterocycles. The van der Waals surface area contributed by atoms with Gasteiger partial charge in [-0.25, -0.2) is 0 Å². The van der Waals surface area contributed by atoms with E-state index in [-0.39, 0.29) is 35.9 Å². The minimum Gasteiger partial charge on any atom is -0.381 e. The van der Waals surface area contributed by atoms with Crippen LogP contribution in [0.15, 0.2) is 0 Å². The summed E-state index contributed by atoms with van der Waals surface area (Å²) in [6.45, 7) is 10.7. The molecule has 5 nitrogen and oxygen atoms in total. The number of ether oxygens (including phenoxy) is 2. The highest BCUT2D eigenvalue weighted by Crippen LogP contribution is 2.29. The van der Waals surface area contributed by atoms with Crippen LogP contribution in [-0.4, -0.2) is 55.6 Å². The molecule has 1 amide bonds. The van der Waals surface area contributed by atoms with Crippen molar-refractivity contribution in [2.24, 2.45) is 17.8 Å². The zero-order chi connectivity index (χ0) is 19.1. The zero-order valence-electron chi connectivity index (χ0n) is 17.1. The molecule has 25 heavy (non-hydrogen) atoms. The number of hydrogen-bond donors (Lipinski definition) is 0. The topological polar surface area (TPSA) is 55.8 Å². The fraction of sp³-hybridized carbons (Fsp3) is 0.900. The fourth-order valence-electron chi connectivity index (χ4n) is 3.88. The van der Waals surface area contributed by atoms with Gasteiger partial charge in [0, 0.05) is 26.7 Å². The number of methoxy groups -OCH3 is 2. The van der Waals surface area contributed by atoms with Gasteiger partial charge in [-0.1, -0.05) is 34.1 Å². The molecular weight excluding hydrogens is 318 g/mol. The second-order valence-corrected chi connectivity index (χ2v) is 7.62. The Bertz CT molecular complexity index is 439. The Hall–Kier alpha value is -0.940. The van der Waals surface area contributed by atoms with Crippen LogP contribution < -0.4 is 0 Å². The number of amides is 1. The van der Waals surface area contributed by atoms with Crippen LogP contribution in [0.1, 0.15) is 60.3 Å². The molecule has 0 bridgehead atoms. The van der Waals surface area contributed by atoms with E-state index < -0.39 is 0 Å². The molecule has 0 N–H and O–H groups in total. The Morgan fingerprint density at radius 1 is 1.16 bits per heavy atom. The number of Topliss-reactive ketones (excluding diaryl/α,β-unsaturated/α-hetero) is 1. The quantitative estimate of drug-likeness (QED) is 0.603. The van der Waals surface area contributed by atoms with E-state index in [2.05, 4.69) is 20.8 Å². The zero-order valence-corrected chi connectivity index (χ0v) is 17.1. The Labute approximate surface area is 153 Å². The van der Waals surface area contributed by atoms with Crippen LogP contribution in [0.3, 0.4) is 0 Å². The largest absolute Gasteiger partial charge is 0.381 e. The molecule has 0 saturated carbocycles. The summed E-state index contributed by atoms with van der Waals surface area (Å²) in [5, 5.41) is 0. The lowest BCUT2D eigenvalue weighted by atomic mass is 9.87. The van der Waals surface area contributed by atoms with Gasteiger partial charge >= 0.3 is 0 Å². The van der Waals surface area contributed by atoms with E-state index in [1.54, 1.807) is 21.1 Å². The minimum atomic E-state index is -0.239. The first-order chi connectivity index (χ1) is 11.8. The van der Waals surface area contributed by atoms with Crippen LogP contribution in [0.25, 0.3) is 0 Å². The smallest absolute Gasteiger partial charge is 0.225 e. The van der Waals surface area contributed by atoms with Crippen molar-refractivity contribution in [1.29, 1.82) is 0 Å². The molecule has 0 radical (unpaired) electrons. The molecule has 6 atom stereocenters. The Morgan fingerprint density at radius 3 is 2.28 bits per heavy atom. The van der Waals surface area contributed by atoms with Crippen LogP contribution in [0, 0.1) is 17.8 Å². The summed E-state index contributed by atoms with van der Waals surface area (Å²) in [6.07, 6.45) is 3.00. The number of carbonyl (C=O) groups excluding carboxylic acids is 2. The number of hydrogen-bond acceptors (Lipinski definition) is 4. The lowest BCUT2D eigenvalue weighted by Crippen LogP contribution is -2.48. The molecule has 0 aromatic heterocycles. The van der Waals surface area contributed by atoms with Gasteiger partial charge in [-0.3, -0.25) is 9.59 Å². The number of rotatable bonds is 10. The van der Waals surface area contributed by atoms with Crippen molar-refractivity contribution in [3.05, 3.63) is 0 Å². The lowest BCUT2D eigenvalue weighted by Gasteiger charge is -2.35. The highest BCUT2D eigenvalue weighted by molar-refractivity contribution is 5.80. The predicted molar refractivity (Wildman–Crippen MR) is 99.4 cm³/mol. The lowest BCUT2D eigenvalue weighted by molar-refractivity contribution is -0.141. The van der Waals surface area contributed by atoms with Crippen molar-refractivity contribution < 1.29 is 19.1 Å². The SMILES string of the molecule is CCC(C)[C@H](C)C(CC(=O)N1CCCC1C(OC)C(C)C(C)=O)OC. The van der Waals surface area contributed by atoms with E-state index in [4.69, 9.17) is 9.47 Å². The maximum Gasteiger partial charge on any atom is 0.225 e. The van der Waals surface area contributed by atoms with Gasteiger partial charge in [-0.2, -0.15) is 0 Å². The molecule has 1 saturated heterocycles. The molecule has 1 fully saturated rings. The molecule has 0 aliphatic carbocycles. The molecule has 5 unspecified atom stereocenters. The summed E-state index contributed by atoms with van der Waals surface area (Å²) in [6, 6.07) is -0.0205. The van der Waals surface area contributed by atoms with Gasteiger partial charge in [0.25, 0.3) is 0 Å². The molecule has 1 aliphatic heterocycles. The van der Waals surface area contributed by atoms with Gasteiger partial charge in [0.15, 0.2) is 0 Å². The third kappa shape index (κ3) is 5.52. The number of likely N-dealkylation sites (tertiary alicyclic amines) is 1. The number of ketones is 1. The second-order valence-electron chi connectivity index (χ2n) is 7.62. The second kappa shape index (κ2) is 10.3. The third-order valence-electron chi connectivity index (χ3n) is 6.21. The first kappa shape index (κ1) is 22.1. The summed E-state index contributed by atoms with van der Waals surface area (Å²) in [7, 11) is 3.32. The van der Waals surface area contributed by atoms with E-state index >= 15 is 0 Å². The van der Waals surface area contributed by atoms with E-state index in [0.29, 0.717) is 18.3 Å². The summed E-state index contributed by atoms with van der Waals surface area (Å²) in [5.74, 6) is 0.847. The molecule has 0 aromatic rings. The van der Waals surface area contributed by atoms with Crippen molar-refractivity contribution in [1.82, 2.24) is 4.90 Å². The van der Waals surface area contributed by atoms with E-state index in [9.17, 15) is 9.59 Å². The van der Waals surface area contributed by atoms with Gasteiger partial charge < -0.3 is 14.4 Å². The van der Waals surface area contributed by atoms with Crippen molar-refractivity contribution >= 4 is 11.7 Å². The molecule has 0 spiro atoms. The van der Waals surface area contributed by atoms with Crippen LogP contribution >= 0.6 is 0 Å². The van der Waals surface area contributed by atoms with Crippen LogP contribution in [-0.2, 0) is 19.1 Å². The van der Waals surface area contributed by atoms with E-state index in [1.807, 2.05) is 11.8 Å². The highest BCUT2D eigenvalue weighted by atomic mass is 16.5. The molecule has 1 rings (SSSR count). The maximum atomic E-state index is 13.0. The van der Waals surface area contributed by atoms with Gasteiger partial charge in [-0.05, 0) is 31.6 Å². The number of carbonyl (C=O) groups is 2. The Balaban J connectivity index is 2.83. The summed E-state index contributed by atoms with van der Waals surface area (Å²) in [4.78, 5) is 26.7. The van der Waals surface area contributed by atoms with Gasteiger partial charge in [0.1, 0.15) is 5.78 Å². The minimum absolute atomic E-state index is 0.0205. The van der Waals surface area contributed by atoms with Crippen molar-refractivity contribution in [2.75, 3.05) is 20.8 Å². The number of nitrogens with zero attached hydrogens (tertiary/aromatic N) is 1. The van der Waals surface area contributed by atoms with Gasteiger partial charge in [-0.15, -0.1) is 0 Å². The van der Waals surface area contributed by atoms with Crippen LogP contribution in [0.4, 0.5) is 0 Å². The molecule has 1 aliphatic rings. The van der Waals surface area contributed by atoms with E-state index in [0.717, 1.165) is 25.8 Å². The molecule has 146 valence electrons. The van der Waals surface area contributed by atoms with E-state index in [1.165, 1.54) is 0 Å². The predicted octanol–water partition coefficient (Wildman–Crippen LogP) is 3.30. The fourth-order valence-corrected chi connectivity index (χ4v) is 3.88. The molecular formula is C20H37NO4. The average Bonchev–Trinajstić information content (AvgIpc) is 3.08. The first-order valence-corrected chi connectivity index (χ1v) is 9.63. The first-order valence-electron chi connectivity index (χ1n) is 9.63. The Morgan fingerprint density at radius 2 is 1.80 bits per heavy atom. The maximum absolute atomic E-state index is 13.0. The third-order valence-corrected chi connectivity index (χ3v) is 6.21. The normalized spacial score (nSPS) is 23.8. The average molecular weight is 356 g/mol. The van der Waals surface area contributed by atoms with Gasteiger partial charge in [0.05, 0.1) is 24.7 Å². The van der Waals surface area contributed by atoms with Crippen LogP contribution in [0.2, 0.25) is 0 Å². The Kier molecular flexibility index (Phi) is 9.08. The molecule has 5 heteroatoms. The summed E-state index contributed by atoms with van der Waals surface area (Å²) >= 11 is 0. The van der Waals surface area contributed by atoms with Crippen molar-refractivity contribution in [2.45, 2.75) is 78.6 Å². The summed E-state index contributed by atoms with van der Waals surface area (Å²) in [5.41, 5.74) is 0. The monoisotopic (exact) mass is 355 g/mol. The standard InChI is InChI=1S/C20H37NO4/c1-8-13(2)14(3)18(24-6)12-19(23)21-11-9-10-17(21)20(25-7)15(4)16(5)22/h13-15,17-18,20H,8-12H2,1-7H3/t13?,14-,15?,17?,18?,20?/m0/s1. The van der Waals surface area contributed by atoms with Crippen molar-refractivity contribution in [3.63, 3.8) is 0 Å². The molecule has 0 aromatic carbocycles. The summed E-state index contributed by atoms with van der Waals surface area (Å²) < 4.78 is 11.3. The highest BCUT2D eigenvalue weighted by Gasteiger charge is 2.39. The van der Waals surface area contributed by atoms with Gasteiger partial charge in [0.2, 0.25) is 5.91 Å². The van der Waals surface area contributed by atoms with Crippen molar-refractivity contribution in [3.8, 4) is 0 Å².